The minimum Gasteiger partial charge on any atom is -0.383 e. The normalized spacial score (nSPS) is 22.5. The average molecular weight is 201 g/mol. The van der Waals surface area contributed by atoms with Gasteiger partial charge in [-0.15, -0.1) is 0 Å². The number of nitrogens with zero attached hydrogens (tertiary/aromatic N) is 1. The quantitative estimate of drug-likeness (QED) is 0.597. The molecule has 1 fully saturated rings. The van der Waals surface area contributed by atoms with E-state index in [2.05, 4.69) is 17.3 Å². The minimum atomic E-state index is 0.158. The molecule has 0 aromatic rings. The summed E-state index contributed by atoms with van der Waals surface area (Å²) < 4.78 is 5.03. The Kier molecular flexibility index (Phi) is 4.81. The van der Waals surface area contributed by atoms with Crippen LogP contribution in [-0.2, 0) is 4.74 Å². The fourth-order valence-corrected chi connectivity index (χ4v) is 1.92. The molecule has 84 valence electrons. The molecule has 1 rings (SSSR count). The van der Waals surface area contributed by atoms with E-state index in [-0.39, 0.29) is 5.54 Å². The zero-order chi connectivity index (χ0) is 10.4. The van der Waals surface area contributed by atoms with Crippen molar-refractivity contribution in [1.29, 1.82) is 0 Å². The van der Waals surface area contributed by atoms with Gasteiger partial charge in [0.1, 0.15) is 0 Å². The van der Waals surface area contributed by atoms with Crippen LogP contribution in [0.25, 0.3) is 0 Å². The lowest BCUT2D eigenvalue weighted by molar-refractivity contribution is 0.140. The standard InChI is InChI=1S/C10H23N3O/c1-13-6-3-10(9-11,4-7-13)12-5-8-14-2/h12H,3-9,11H2,1-2H3. The number of piperidine rings is 1. The van der Waals surface area contributed by atoms with E-state index in [4.69, 9.17) is 10.5 Å². The van der Waals surface area contributed by atoms with Crippen LogP contribution < -0.4 is 11.1 Å². The van der Waals surface area contributed by atoms with Gasteiger partial charge in [-0.05, 0) is 33.0 Å². The predicted octanol–water partition coefficient (Wildman–Crippen LogP) is -0.354. The smallest absolute Gasteiger partial charge is 0.0587 e. The molecule has 1 saturated heterocycles. The van der Waals surface area contributed by atoms with Crippen LogP contribution in [0.5, 0.6) is 0 Å². The van der Waals surface area contributed by atoms with E-state index in [1.807, 2.05) is 0 Å². The number of nitrogens with one attached hydrogen (secondary N) is 1. The first-order valence-corrected chi connectivity index (χ1v) is 5.35. The van der Waals surface area contributed by atoms with Crippen LogP contribution in [-0.4, -0.2) is 57.4 Å². The molecule has 1 aliphatic heterocycles. The van der Waals surface area contributed by atoms with Gasteiger partial charge in [0, 0.05) is 25.7 Å². The Morgan fingerprint density at radius 2 is 2.07 bits per heavy atom. The molecule has 0 saturated carbocycles. The predicted molar refractivity (Wildman–Crippen MR) is 58.4 cm³/mol. The largest absolute Gasteiger partial charge is 0.383 e. The van der Waals surface area contributed by atoms with Crippen LogP contribution >= 0.6 is 0 Å². The van der Waals surface area contributed by atoms with E-state index in [1.54, 1.807) is 7.11 Å². The second-order valence-corrected chi connectivity index (χ2v) is 4.21. The maximum absolute atomic E-state index is 5.84. The summed E-state index contributed by atoms with van der Waals surface area (Å²) in [6.07, 6.45) is 2.29. The molecule has 0 amide bonds. The van der Waals surface area contributed by atoms with Crippen LogP contribution in [0.3, 0.4) is 0 Å². The first kappa shape index (κ1) is 11.9. The van der Waals surface area contributed by atoms with Crippen molar-refractivity contribution in [1.82, 2.24) is 10.2 Å². The number of likely N-dealkylation sites (tertiary alicyclic amines) is 1. The molecule has 0 aliphatic carbocycles. The van der Waals surface area contributed by atoms with E-state index in [1.165, 1.54) is 0 Å². The van der Waals surface area contributed by atoms with Crippen LogP contribution in [0.1, 0.15) is 12.8 Å². The first-order valence-electron chi connectivity index (χ1n) is 5.35. The number of rotatable bonds is 5. The zero-order valence-electron chi connectivity index (χ0n) is 9.38. The topological polar surface area (TPSA) is 50.5 Å². The van der Waals surface area contributed by atoms with Gasteiger partial charge in [-0.2, -0.15) is 0 Å². The van der Waals surface area contributed by atoms with Crippen molar-refractivity contribution in [3.8, 4) is 0 Å². The molecule has 1 aliphatic rings. The van der Waals surface area contributed by atoms with Gasteiger partial charge in [0.2, 0.25) is 0 Å². The average Bonchev–Trinajstić information content (AvgIpc) is 2.22. The van der Waals surface area contributed by atoms with Gasteiger partial charge in [-0.3, -0.25) is 0 Å². The molecule has 0 spiro atoms. The Balaban J connectivity index is 2.34. The van der Waals surface area contributed by atoms with E-state index in [0.717, 1.165) is 45.6 Å². The number of nitrogens with two attached hydrogens (primary N) is 1. The summed E-state index contributed by atoms with van der Waals surface area (Å²) in [5.41, 5.74) is 6.00. The molecular weight excluding hydrogens is 178 g/mol. The zero-order valence-corrected chi connectivity index (χ0v) is 9.38. The van der Waals surface area contributed by atoms with Crippen molar-refractivity contribution in [3.63, 3.8) is 0 Å². The molecule has 3 N–H and O–H groups in total. The van der Waals surface area contributed by atoms with Crippen molar-refractivity contribution >= 4 is 0 Å². The minimum absolute atomic E-state index is 0.158. The van der Waals surface area contributed by atoms with Crippen molar-refractivity contribution in [2.45, 2.75) is 18.4 Å². The Morgan fingerprint density at radius 1 is 1.43 bits per heavy atom. The highest BCUT2D eigenvalue weighted by Gasteiger charge is 2.31. The molecule has 4 nitrogen and oxygen atoms in total. The molecule has 0 bridgehead atoms. The lowest BCUT2D eigenvalue weighted by Crippen LogP contribution is -2.57. The summed E-state index contributed by atoms with van der Waals surface area (Å²) in [6, 6.07) is 0. The molecule has 4 heteroatoms. The number of hydrogen-bond donors (Lipinski definition) is 2. The van der Waals surface area contributed by atoms with Gasteiger partial charge in [-0.25, -0.2) is 0 Å². The summed E-state index contributed by atoms with van der Waals surface area (Å²) in [5.74, 6) is 0. The van der Waals surface area contributed by atoms with E-state index >= 15 is 0 Å². The Labute approximate surface area is 86.8 Å². The maximum Gasteiger partial charge on any atom is 0.0587 e. The summed E-state index contributed by atoms with van der Waals surface area (Å²) >= 11 is 0. The Hall–Kier alpha value is -0.160. The summed E-state index contributed by atoms with van der Waals surface area (Å²) in [5, 5.41) is 3.53. The maximum atomic E-state index is 5.84. The Bertz CT molecular complexity index is 155. The van der Waals surface area contributed by atoms with Crippen LogP contribution in [0.4, 0.5) is 0 Å². The lowest BCUT2D eigenvalue weighted by atomic mass is 9.88. The molecule has 0 radical (unpaired) electrons. The highest BCUT2D eigenvalue weighted by Crippen LogP contribution is 2.19. The molecule has 14 heavy (non-hydrogen) atoms. The lowest BCUT2D eigenvalue weighted by Gasteiger charge is -2.40. The fourth-order valence-electron chi connectivity index (χ4n) is 1.92. The van der Waals surface area contributed by atoms with Gasteiger partial charge in [0.25, 0.3) is 0 Å². The van der Waals surface area contributed by atoms with E-state index in [0.29, 0.717) is 0 Å². The van der Waals surface area contributed by atoms with Crippen LogP contribution in [0.15, 0.2) is 0 Å². The van der Waals surface area contributed by atoms with Crippen molar-refractivity contribution in [3.05, 3.63) is 0 Å². The highest BCUT2D eigenvalue weighted by molar-refractivity contribution is 4.93. The van der Waals surface area contributed by atoms with Crippen LogP contribution in [0, 0.1) is 0 Å². The first-order chi connectivity index (χ1) is 6.72. The molecule has 0 aromatic heterocycles. The SMILES string of the molecule is COCCNC1(CN)CCN(C)CC1. The summed E-state index contributed by atoms with van der Waals surface area (Å²) in [4.78, 5) is 2.35. The third-order valence-electron chi connectivity index (χ3n) is 3.14. The van der Waals surface area contributed by atoms with E-state index in [9.17, 15) is 0 Å². The summed E-state index contributed by atoms with van der Waals surface area (Å²) in [6.45, 7) is 4.66. The van der Waals surface area contributed by atoms with Crippen LogP contribution in [0.2, 0.25) is 0 Å². The van der Waals surface area contributed by atoms with Crippen molar-refractivity contribution < 1.29 is 4.74 Å². The number of hydrogen-bond acceptors (Lipinski definition) is 4. The number of ether oxygens (including phenoxy) is 1. The highest BCUT2D eigenvalue weighted by atomic mass is 16.5. The second kappa shape index (κ2) is 5.66. The van der Waals surface area contributed by atoms with Gasteiger partial charge in [-0.1, -0.05) is 0 Å². The molecule has 0 aromatic carbocycles. The molecule has 0 atom stereocenters. The second-order valence-electron chi connectivity index (χ2n) is 4.21. The molecule has 0 unspecified atom stereocenters. The van der Waals surface area contributed by atoms with E-state index < -0.39 is 0 Å². The molecular formula is C10H23N3O. The monoisotopic (exact) mass is 201 g/mol. The van der Waals surface area contributed by atoms with Crippen molar-refractivity contribution in [2.24, 2.45) is 5.73 Å². The summed E-state index contributed by atoms with van der Waals surface area (Å²) in [7, 11) is 3.89. The Morgan fingerprint density at radius 3 is 2.57 bits per heavy atom. The van der Waals surface area contributed by atoms with Gasteiger partial charge >= 0.3 is 0 Å². The fraction of sp³-hybridized carbons (Fsp3) is 1.00. The van der Waals surface area contributed by atoms with Crippen molar-refractivity contribution in [2.75, 3.05) is 46.9 Å². The van der Waals surface area contributed by atoms with Gasteiger partial charge in [0.05, 0.1) is 6.61 Å². The van der Waals surface area contributed by atoms with Gasteiger partial charge in [0.15, 0.2) is 0 Å². The third-order valence-corrected chi connectivity index (χ3v) is 3.14. The van der Waals surface area contributed by atoms with Gasteiger partial charge < -0.3 is 20.7 Å². The molecule has 1 heterocycles. The third kappa shape index (κ3) is 3.20. The number of methoxy groups -OCH3 is 1.